The average Bonchev–Trinajstić information content (AvgIpc) is 2.75. The van der Waals surface area contributed by atoms with E-state index in [0.717, 1.165) is 13.0 Å². The molecule has 0 aliphatic carbocycles. The first-order valence-electron chi connectivity index (χ1n) is 6.71. The van der Waals surface area contributed by atoms with Gasteiger partial charge in [0.15, 0.2) is 0 Å². The minimum absolute atomic E-state index is 0.549. The first-order chi connectivity index (χ1) is 8.50. The van der Waals surface area contributed by atoms with E-state index < -0.39 is 10.0 Å². The lowest BCUT2D eigenvalue weighted by Crippen LogP contribution is -2.41. The number of thioether (sulfide) groups is 1. The number of sulfonamides is 1. The van der Waals surface area contributed by atoms with Crippen molar-refractivity contribution < 1.29 is 8.42 Å². The molecule has 0 amide bonds. The van der Waals surface area contributed by atoms with Crippen LogP contribution < -0.4 is 5.32 Å². The lowest BCUT2D eigenvalue weighted by molar-refractivity contribution is 0.226. The van der Waals surface area contributed by atoms with Gasteiger partial charge in [0.25, 0.3) is 0 Å². The van der Waals surface area contributed by atoms with Crippen LogP contribution in [0.4, 0.5) is 0 Å². The summed E-state index contributed by atoms with van der Waals surface area (Å²) < 4.78 is 24.9. The summed E-state index contributed by atoms with van der Waals surface area (Å²) in [5, 5.41) is 3.39. The van der Waals surface area contributed by atoms with Gasteiger partial charge in [-0.1, -0.05) is 0 Å². The van der Waals surface area contributed by atoms with E-state index >= 15 is 0 Å². The summed E-state index contributed by atoms with van der Waals surface area (Å²) in [4.78, 5) is 0. The predicted molar refractivity (Wildman–Crippen MR) is 77.4 cm³/mol. The van der Waals surface area contributed by atoms with Crippen LogP contribution >= 0.6 is 11.8 Å². The highest BCUT2D eigenvalue weighted by molar-refractivity contribution is 7.99. The van der Waals surface area contributed by atoms with Crippen molar-refractivity contribution in [3.63, 3.8) is 0 Å². The van der Waals surface area contributed by atoms with Gasteiger partial charge in [-0.25, -0.2) is 12.7 Å². The summed E-state index contributed by atoms with van der Waals surface area (Å²) in [6.07, 6.45) is 4.70. The van der Waals surface area contributed by atoms with Gasteiger partial charge in [-0.15, -0.1) is 0 Å². The zero-order chi connectivity index (χ0) is 13.2. The van der Waals surface area contributed by atoms with E-state index in [-0.39, 0.29) is 0 Å². The highest BCUT2D eigenvalue weighted by Crippen LogP contribution is 2.32. The van der Waals surface area contributed by atoms with Gasteiger partial charge >= 0.3 is 0 Å². The summed E-state index contributed by atoms with van der Waals surface area (Å²) in [7, 11) is -0.964. The summed E-state index contributed by atoms with van der Waals surface area (Å²) in [5.74, 6) is 3.68. The van der Waals surface area contributed by atoms with E-state index in [2.05, 4.69) is 5.32 Å². The number of hydrogen-bond acceptors (Lipinski definition) is 4. The van der Waals surface area contributed by atoms with E-state index in [1.165, 1.54) is 30.6 Å². The van der Waals surface area contributed by atoms with Crippen LogP contribution in [0.25, 0.3) is 0 Å². The van der Waals surface area contributed by atoms with Crippen molar-refractivity contribution in [2.75, 3.05) is 37.9 Å². The summed E-state index contributed by atoms with van der Waals surface area (Å²) in [5.41, 5.74) is 0. The molecule has 3 unspecified atom stereocenters. The van der Waals surface area contributed by atoms with Crippen LogP contribution in [0.5, 0.6) is 0 Å². The van der Waals surface area contributed by atoms with Crippen LogP contribution in [0.15, 0.2) is 0 Å². The summed E-state index contributed by atoms with van der Waals surface area (Å²) in [6.45, 7) is 1.45. The maximum Gasteiger partial charge on any atom is 0.211 e. The monoisotopic (exact) mass is 292 g/mol. The third-order valence-corrected chi connectivity index (χ3v) is 6.68. The lowest BCUT2D eigenvalue weighted by Gasteiger charge is -2.33. The number of rotatable bonds is 4. The van der Waals surface area contributed by atoms with Crippen molar-refractivity contribution in [2.45, 2.75) is 25.3 Å². The van der Waals surface area contributed by atoms with E-state index in [9.17, 15) is 8.42 Å². The Morgan fingerprint density at radius 3 is 2.83 bits per heavy atom. The van der Waals surface area contributed by atoms with Crippen LogP contribution in [0, 0.1) is 11.8 Å². The first-order valence-corrected chi connectivity index (χ1v) is 9.71. The summed E-state index contributed by atoms with van der Waals surface area (Å²) >= 11 is 2.02. The van der Waals surface area contributed by atoms with Crippen LogP contribution in [0.3, 0.4) is 0 Å². The lowest BCUT2D eigenvalue weighted by atomic mass is 9.87. The van der Waals surface area contributed by atoms with Crippen LogP contribution in [-0.2, 0) is 10.0 Å². The van der Waals surface area contributed by atoms with Crippen LogP contribution in [-0.4, -0.2) is 56.7 Å². The van der Waals surface area contributed by atoms with Crippen molar-refractivity contribution >= 4 is 21.8 Å². The van der Waals surface area contributed by atoms with E-state index in [1.807, 2.05) is 18.8 Å². The molecule has 2 fully saturated rings. The molecule has 0 saturated carbocycles. The van der Waals surface area contributed by atoms with E-state index in [0.29, 0.717) is 24.4 Å². The maximum absolute atomic E-state index is 11.6. The summed E-state index contributed by atoms with van der Waals surface area (Å²) in [6, 6.07) is 0.614. The molecule has 2 aliphatic rings. The second-order valence-corrected chi connectivity index (χ2v) is 8.62. The Morgan fingerprint density at radius 1 is 1.39 bits per heavy atom. The van der Waals surface area contributed by atoms with Crippen LogP contribution in [0.1, 0.15) is 19.3 Å². The average molecular weight is 292 g/mol. The minimum Gasteiger partial charge on any atom is -0.316 e. The standard InChI is InChI=1S/C12H24N2O2S2/c1-13-12-9-17-8-11(12)6-10-4-3-5-14(7-10)18(2,15)16/h10-13H,3-9H2,1-2H3. The number of nitrogens with zero attached hydrogens (tertiary/aromatic N) is 1. The first kappa shape index (κ1) is 14.6. The second-order valence-electron chi connectivity index (χ2n) is 5.56. The van der Waals surface area contributed by atoms with Crippen molar-refractivity contribution in [3.05, 3.63) is 0 Å². The molecule has 0 aromatic carbocycles. The maximum atomic E-state index is 11.6. The molecule has 4 nitrogen and oxygen atoms in total. The van der Waals surface area contributed by atoms with E-state index in [1.54, 1.807) is 4.31 Å². The zero-order valence-corrected chi connectivity index (χ0v) is 12.9. The van der Waals surface area contributed by atoms with Crippen molar-refractivity contribution in [2.24, 2.45) is 11.8 Å². The fraction of sp³-hybridized carbons (Fsp3) is 1.00. The molecule has 0 aromatic rings. The van der Waals surface area contributed by atoms with E-state index in [4.69, 9.17) is 0 Å². The normalized spacial score (nSPS) is 34.9. The smallest absolute Gasteiger partial charge is 0.211 e. The van der Waals surface area contributed by atoms with Crippen molar-refractivity contribution in [1.29, 1.82) is 0 Å². The third kappa shape index (κ3) is 3.62. The number of piperidine rings is 1. The molecule has 1 N–H and O–H groups in total. The zero-order valence-electron chi connectivity index (χ0n) is 11.3. The molecular formula is C12H24N2O2S2. The molecule has 3 atom stereocenters. The van der Waals surface area contributed by atoms with Gasteiger partial charge in [0.2, 0.25) is 10.0 Å². The second kappa shape index (κ2) is 6.11. The molecule has 2 saturated heterocycles. The Labute approximate surface area is 115 Å². The van der Waals surface area contributed by atoms with Gasteiger partial charge in [0.05, 0.1) is 6.26 Å². The number of nitrogens with one attached hydrogen (secondary N) is 1. The highest BCUT2D eigenvalue weighted by Gasteiger charge is 2.32. The Hall–Kier alpha value is 0.220. The fourth-order valence-electron chi connectivity index (χ4n) is 3.10. The topological polar surface area (TPSA) is 49.4 Å². The molecule has 106 valence electrons. The molecule has 2 heterocycles. The molecule has 0 spiro atoms. The Kier molecular flexibility index (Phi) is 4.97. The Balaban J connectivity index is 1.90. The molecule has 2 aliphatic heterocycles. The molecule has 0 aromatic heterocycles. The Morgan fingerprint density at radius 2 is 2.17 bits per heavy atom. The van der Waals surface area contributed by atoms with Gasteiger partial charge in [-0.05, 0) is 43.9 Å². The predicted octanol–water partition coefficient (Wildman–Crippen LogP) is 0.999. The van der Waals surface area contributed by atoms with Crippen molar-refractivity contribution in [3.8, 4) is 0 Å². The van der Waals surface area contributed by atoms with Gasteiger partial charge in [0.1, 0.15) is 0 Å². The van der Waals surface area contributed by atoms with Gasteiger partial charge in [0, 0.05) is 24.9 Å². The molecular weight excluding hydrogens is 268 g/mol. The fourth-order valence-corrected chi connectivity index (χ4v) is 5.54. The quantitative estimate of drug-likeness (QED) is 0.840. The highest BCUT2D eigenvalue weighted by atomic mass is 32.2. The Bertz CT molecular complexity index is 372. The molecule has 0 bridgehead atoms. The minimum atomic E-state index is -3.00. The third-order valence-electron chi connectivity index (χ3n) is 4.16. The SMILES string of the molecule is CNC1CSCC1CC1CCCN(S(C)(=O)=O)C1. The molecule has 2 rings (SSSR count). The van der Waals surface area contributed by atoms with Crippen LogP contribution in [0.2, 0.25) is 0 Å². The van der Waals surface area contributed by atoms with Gasteiger partial charge < -0.3 is 5.32 Å². The van der Waals surface area contributed by atoms with Gasteiger partial charge in [-0.2, -0.15) is 11.8 Å². The molecule has 0 radical (unpaired) electrons. The number of hydrogen-bond donors (Lipinski definition) is 1. The van der Waals surface area contributed by atoms with Crippen molar-refractivity contribution in [1.82, 2.24) is 9.62 Å². The largest absolute Gasteiger partial charge is 0.316 e. The molecule has 6 heteroatoms. The molecule has 18 heavy (non-hydrogen) atoms. The van der Waals surface area contributed by atoms with Gasteiger partial charge in [-0.3, -0.25) is 0 Å².